The molecule has 0 fully saturated rings. The summed E-state index contributed by atoms with van der Waals surface area (Å²) >= 11 is 1.88. The Hall–Kier alpha value is -1.36. The zero-order valence-corrected chi connectivity index (χ0v) is 14.6. The van der Waals surface area contributed by atoms with Crippen molar-refractivity contribution in [3.8, 4) is 0 Å². The molecule has 1 aromatic heterocycles. The van der Waals surface area contributed by atoms with Gasteiger partial charge in [-0.2, -0.15) is 0 Å². The van der Waals surface area contributed by atoms with Crippen LogP contribution in [-0.4, -0.2) is 22.2 Å². The Morgan fingerprint density at radius 1 is 0.696 bits per heavy atom. The molecular formula is C18H28O4S. The summed E-state index contributed by atoms with van der Waals surface area (Å²) in [5, 5.41) is 17.1. The Morgan fingerprint density at radius 3 is 1.48 bits per heavy atom. The van der Waals surface area contributed by atoms with Crippen LogP contribution in [0.2, 0.25) is 0 Å². The highest BCUT2D eigenvalue weighted by atomic mass is 32.1. The maximum Gasteiger partial charge on any atom is 0.303 e. The Kier molecular flexibility index (Phi) is 10.4. The van der Waals surface area contributed by atoms with Gasteiger partial charge in [-0.3, -0.25) is 9.59 Å². The van der Waals surface area contributed by atoms with Crippen LogP contribution in [0.3, 0.4) is 0 Å². The van der Waals surface area contributed by atoms with Crippen LogP contribution in [0.4, 0.5) is 0 Å². The van der Waals surface area contributed by atoms with Crippen molar-refractivity contribution in [3.05, 3.63) is 21.9 Å². The first-order chi connectivity index (χ1) is 11.1. The number of carboxylic acids is 2. The highest BCUT2D eigenvalue weighted by molar-refractivity contribution is 7.11. The third-order valence-corrected chi connectivity index (χ3v) is 5.05. The second-order valence-electron chi connectivity index (χ2n) is 5.98. The van der Waals surface area contributed by atoms with Gasteiger partial charge in [-0.05, 0) is 50.7 Å². The fraction of sp³-hybridized carbons (Fsp3) is 0.667. The van der Waals surface area contributed by atoms with Crippen molar-refractivity contribution >= 4 is 23.3 Å². The summed E-state index contributed by atoms with van der Waals surface area (Å²) in [5.41, 5.74) is 0. The standard InChI is InChI=1S/C18H28O4S/c19-17(20)11-7-3-1-5-9-15-13-14-16(23-15)10-6-2-4-8-12-18(21)22/h13-14H,1-12H2,(H,19,20)(H,21,22). The van der Waals surface area contributed by atoms with E-state index in [1.807, 2.05) is 11.3 Å². The van der Waals surface area contributed by atoms with Gasteiger partial charge in [-0.15, -0.1) is 11.3 Å². The SMILES string of the molecule is O=C(O)CCCCCCc1ccc(CCCCCCC(=O)O)s1. The molecule has 2 N–H and O–H groups in total. The molecule has 0 saturated heterocycles. The molecule has 1 rings (SSSR count). The highest BCUT2D eigenvalue weighted by Gasteiger charge is 2.02. The Labute approximate surface area is 142 Å². The molecule has 1 heterocycles. The average molecular weight is 340 g/mol. The van der Waals surface area contributed by atoms with Crippen molar-refractivity contribution < 1.29 is 19.8 Å². The Morgan fingerprint density at radius 2 is 1.09 bits per heavy atom. The molecule has 0 saturated carbocycles. The molecule has 0 bridgehead atoms. The molecule has 23 heavy (non-hydrogen) atoms. The van der Waals surface area contributed by atoms with Crippen molar-refractivity contribution in [1.29, 1.82) is 0 Å². The summed E-state index contributed by atoms with van der Waals surface area (Å²) in [5.74, 6) is -1.40. The zero-order valence-electron chi connectivity index (χ0n) is 13.8. The fourth-order valence-electron chi connectivity index (χ4n) is 2.55. The quantitative estimate of drug-likeness (QED) is 0.472. The van der Waals surface area contributed by atoms with Gasteiger partial charge in [0.25, 0.3) is 0 Å². The van der Waals surface area contributed by atoms with Crippen LogP contribution in [0.1, 0.15) is 74.0 Å². The van der Waals surface area contributed by atoms with Gasteiger partial charge in [0.15, 0.2) is 0 Å². The number of rotatable bonds is 14. The summed E-state index contributed by atoms with van der Waals surface area (Å²) in [6.45, 7) is 0. The molecule has 0 atom stereocenters. The van der Waals surface area contributed by atoms with Gasteiger partial charge in [-0.25, -0.2) is 0 Å². The number of unbranched alkanes of at least 4 members (excludes halogenated alkanes) is 6. The maximum atomic E-state index is 10.4. The van der Waals surface area contributed by atoms with Crippen molar-refractivity contribution in [2.24, 2.45) is 0 Å². The van der Waals surface area contributed by atoms with Crippen LogP contribution in [0.25, 0.3) is 0 Å². The van der Waals surface area contributed by atoms with E-state index in [-0.39, 0.29) is 12.8 Å². The molecule has 4 nitrogen and oxygen atoms in total. The van der Waals surface area contributed by atoms with E-state index in [0.29, 0.717) is 0 Å². The highest BCUT2D eigenvalue weighted by Crippen LogP contribution is 2.21. The fourth-order valence-corrected chi connectivity index (χ4v) is 3.65. The van der Waals surface area contributed by atoms with Crippen LogP contribution in [0.5, 0.6) is 0 Å². The van der Waals surface area contributed by atoms with Gasteiger partial charge in [0.1, 0.15) is 0 Å². The van der Waals surface area contributed by atoms with Gasteiger partial charge in [-0.1, -0.05) is 25.7 Å². The molecule has 0 aliphatic rings. The van der Waals surface area contributed by atoms with E-state index >= 15 is 0 Å². The van der Waals surface area contributed by atoms with Crippen LogP contribution in [0.15, 0.2) is 12.1 Å². The number of aliphatic carboxylic acids is 2. The van der Waals surface area contributed by atoms with Crippen molar-refractivity contribution in [2.75, 3.05) is 0 Å². The molecule has 0 amide bonds. The molecule has 1 aromatic rings. The second-order valence-corrected chi connectivity index (χ2v) is 7.24. The summed E-state index contributed by atoms with van der Waals surface area (Å²) in [6, 6.07) is 4.42. The predicted molar refractivity (Wildman–Crippen MR) is 93.2 cm³/mol. The van der Waals surface area contributed by atoms with Crippen LogP contribution < -0.4 is 0 Å². The first-order valence-corrected chi connectivity index (χ1v) is 9.41. The van der Waals surface area contributed by atoms with E-state index < -0.39 is 11.9 Å². The van der Waals surface area contributed by atoms with Crippen LogP contribution in [0, 0.1) is 0 Å². The van der Waals surface area contributed by atoms with Crippen molar-refractivity contribution in [2.45, 2.75) is 77.0 Å². The average Bonchev–Trinajstić information content (AvgIpc) is 2.93. The largest absolute Gasteiger partial charge is 0.481 e. The summed E-state index contributed by atoms with van der Waals surface area (Å²) in [4.78, 5) is 23.7. The first kappa shape index (κ1) is 19.7. The molecule has 5 heteroatoms. The third kappa shape index (κ3) is 10.9. The minimum atomic E-state index is -0.698. The van der Waals surface area contributed by atoms with Gasteiger partial charge >= 0.3 is 11.9 Å². The van der Waals surface area contributed by atoms with Gasteiger partial charge in [0.05, 0.1) is 0 Å². The molecule has 0 aliphatic carbocycles. The maximum absolute atomic E-state index is 10.4. The lowest BCUT2D eigenvalue weighted by Crippen LogP contribution is -1.93. The molecule has 0 aromatic carbocycles. The van der Waals surface area contributed by atoms with Crippen LogP contribution in [-0.2, 0) is 22.4 Å². The van der Waals surface area contributed by atoms with E-state index in [1.54, 1.807) is 0 Å². The zero-order chi connectivity index (χ0) is 16.9. The number of thiophene rings is 1. The minimum absolute atomic E-state index is 0.287. The van der Waals surface area contributed by atoms with Gasteiger partial charge < -0.3 is 10.2 Å². The molecule has 0 spiro atoms. The molecule has 0 unspecified atom stereocenters. The summed E-state index contributed by atoms with van der Waals surface area (Å²) in [7, 11) is 0. The van der Waals surface area contributed by atoms with Gasteiger partial charge in [0.2, 0.25) is 0 Å². The molecule has 130 valence electrons. The molecule has 0 radical (unpaired) electrons. The smallest absolute Gasteiger partial charge is 0.303 e. The number of hydrogen-bond acceptors (Lipinski definition) is 3. The van der Waals surface area contributed by atoms with E-state index in [1.165, 1.54) is 9.75 Å². The summed E-state index contributed by atoms with van der Waals surface area (Å²) < 4.78 is 0. The number of aryl methyl sites for hydroxylation is 2. The minimum Gasteiger partial charge on any atom is -0.481 e. The summed E-state index contributed by atoms with van der Waals surface area (Å²) in [6.07, 6.45) is 10.8. The number of carboxylic acid groups (broad SMARTS) is 2. The van der Waals surface area contributed by atoms with Crippen molar-refractivity contribution in [1.82, 2.24) is 0 Å². The number of hydrogen-bond donors (Lipinski definition) is 2. The normalized spacial score (nSPS) is 10.8. The lowest BCUT2D eigenvalue weighted by molar-refractivity contribution is -0.138. The van der Waals surface area contributed by atoms with Crippen molar-refractivity contribution in [3.63, 3.8) is 0 Å². The van der Waals surface area contributed by atoms with E-state index in [0.717, 1.165) is 64.2 Å². The third-order valence-electron chi connectivity index (χ3n) is 3.84. The molecule has 0 aliphatic heterocycles. The number of carbonyl (C=O) groups is 2. The predicted octanol–water partition coefficient (Wildman–Crippen LogP) is 4.90. The lowest BCUT2D eigenvalue weighted by atomic mass is 10.1. The molecular weight excluding hydrogens is 312 g/mol. The second kappa shape index (κ2) is 12.1. The first-order valence-electron chi connectivity index (χ1n) is 8.59. The lowest BCUT2D eigenvalue weighted by Gasteiger charge is -2.00. The topological polar surface area (TPSA) is 74.6 Å². The monoisotopic (exact) mass is 340 g/mol. The Bertz CT molecular complexity index is 427. The van der Waals surface area contributed by atoms with Crippen LogP contribution >= 0.6 is 11.3 Å². The van der Waals surface area contributed by atoms with E-state index in [4.69, 9.17) is 10.2 Å². The Balaban J connectivity index is 2.03. The van der Waals surface area contributed by atoms with E-state index in [9.17, 15) is 9.59 Å². The van der Waals surface area contributed by atoms with E-state index in [2.05, 4.69) is 12.1 Å². The van der Waals surface area contributed by atoms with Gasteiger partial charge in [0, 0.05) is 22.6 Å².